The Morgan fingerprint density at radius 1 is 1.11 bits per heavy atom. The number of nitriles is 1. The van der Waals surface area contributed by atoms with Gasteiger partial charge in [-0.1, -0.05) is 29.8 Å². The topological polar surface area (TPSA) is 27.0 Å². The van der Waals surface area contributed by atoms with Crippen molar-refractivity contribution >= 4 is 11.4 Å². The SMILES string of the molecule is Cc1ccc2c(c1)CCCN2c1ccccc1C#N. The Balaban J connectivity index is 2.12. The second kappa shape index (κ2) is 4.78. The van der Waals surface area contributed by atoms with E-state index in [0.717, 1.165) is 30.6 Å². The fourth-order valence-electron chi connectivity index (χ4n) is 2.78. The number of aryl methyl sites for hydroxylation is 2. The molecule has 1 aliphatic rings. The average Bonchev–Trinajstić information content (AvgIpc) is 2.46. The van der Waals surface area contributed by atoms with Crippen molar-refractivity contribution in [1.82, 2.24) is 0 Å². The van der Waals surface area contributed by atoms with Crippen LogP contribution >= 0.6 is 0 Å². The van der Waals surface area contributed by atoms with Crippen molar-refractivity contribution in [3.63, 3.8) is 0 Å². The van der Waals surface area contributed by atoms with Gasteiger partial charge >= 0.3 is 0 Å². The third-order valence-corrected chi connectivity index (χ3v) is 3.67. The molecule has 0 N–H and O–H groups in total. The Bertz CT molecular complexity index is 653. The first-order chi connectivity index (χ1) is 9.29. The van der Waals surface area contributed by atoms with Crippen LogP contribution in [0.25, 0.3) is 0 Å². The highest BCUT2D eigenvalue weighted by Crippen LogP contribution is 2.35. The number of benzene rings is 2. The van der Waals surface area contributed by atoms with Crippen LogP contribution in [0, 0.1) is 18.3 Å². The molecule has 3 rings (SSSR count). The van der Waals surface area contributed by atoms with Crippen molar-refractivity contribution in [3.8, 4) is 6.07 Å². The van der Waals surface area contributed by atoms with E-state index in [1.807, 2.05) is 24.3 Å². The first-order valence-corrected chi connectivity index (χ1v) is 6.66. The van der Waals surface area contributed by atoms with Crippen LogP contribution in [-0.2, 0) is 6.42 Å². The maximum atomic E-state index is 9.26. The molecule has 2 heteroatoms. The Labute approximate surface area is 113 Å². The van der Waals surface area contributed by atoms with Crippen molar-refractivity contribution in [2.75, 3.05) is 11.4 Å². The molecule has 0 fully saturated rings. The average molecular weight is 248 g/mol. The third-order valence-electron chi connectivity index (χ3n) is 3.67. The molecule has 0 atom stereocenters. The van der Waals surface area contributed by atoms with Crippen LogP contribution < -0.4 is 4.90 Å². The lowest BCUT2D eigenvalue weighted by Gasteiger charge is -2.32. The number of hydrogen-bond donors (Lipinski definition) is 0. The largest absolute Gasteiger partial charge is 0.340 e. The molecular weight excluding hydrogens is 232 g/mol. The summed E-state index contributed by atoms with van der Waals surface area (Å²) >= 11 is 0. The minimum Gasteiger partial charge on any atom is -0.340 e. The van der Waals surface area contributed by atoms with Gasteiger partial charge in [-0.15, -0.1) is 0 Å². The molecular formula is C17H16N2. The number of nitrogens with zero attached hydrogens (tertiary/aromatic N) is 2. The number of hydrogen-bond acceptors (Lipinski definition) is 2. The molecule has 1 aliphatic heterocycles. The van der Waals surface area contributed by atoms with Crippen LogP contribution in [0.15, 0.2) is 42.5 Å². The van der Waals surface area contributed by atoms with Crippen molar-refractivity contribution in [2.45, 2.75) is 19.8 Å². The smallest absolute Gasteiger partial charge is 0.101 e. The monoisotopic (exact) mass is 248 g/mol. The first-order valence-electron chi connectivity index (χ1n) is 6.66. The lowest BCUT2D eigenvalue weighted by molar-refractivity contribution is 0.765. The van der Waals surface area contributed by atoms with Crippen LogP contribution in [0.2, 0.25) is 0 Å². The predicted octanol–water partition coefficient (Wildman–Crippen LogP) is 3.95. The Morgan fingerprint density at radius 2 is 1.95 bits per heavy atom. The second-order valence-electron chi connectivity index (χ2n) is 5.02. The van der Waals surface area contributed by atoms with Crippen LogP contribution in [0.3, 0.4) is 0 Å². The fraction of sp³-hybridized carbons (Fsp3) is 0.235. The lowest BCUT2D eigenvalue weighted by atomic mass is 9.98. The molecule has 2 aromatic carbocycles. The zero-order valence-corrected chi connectivity index (χ0v) is 11.1. The number of fused-ring (bicyclic) bond motifs is 1. The van der Waals surface area contributed by atoms with E-state index in [0.29, 0.717) is 0 Å². The Morgan fingerprint density at radius 3 is 2.79 bits per heavy atom. The van der Waals surface area contributed by atoms with Crippen molar-refractivity contribution in [3.05, 3.63) is 59.2 Å². The van der Waals surface area contributed by atoms with Gasteiger partial charge in [0.15, 0.2) is 0 Å². The van der Waals surface area contributed by atoms with Gasteiger partial charge < -0.3 is 4.90 Å². The normalized spacial score (nSPS) is 13.8. The van der Waals surface area contributed by atoms with Gasteiger partial charge in [0.1, 0.15) is 6.07 Å². The minimum absolute atomic E-state index is 0.746. The van der Waals surface area contributed by atoms with Crippen LogP contribution in [0.4, 0.5) is 11.4 Å². The fourth-order valence-corrected chi connectivity index (χ4v) is 2.78. The summed E-state index contributed by atoms with van der Waals surface area (Å²) in [4.78, 5) is 2.27. The zero-order valence-electron chi connectivity index (χ0n) is 11.1. The maximum Gasteiger partial charge on any atom is 0.101 e. The third kappa shape index (κ3) is 2.08. The van der Waals surface area contributed by atoms with E-state index in [1.54, 1.807) is 0 Å². The number of rotatable bonds is 1. The molecule has 19 heavy (non-hydrogen) atoms. The van der Waals surface area contributed by atoms with Crippen LogP contribution in [0.5, 0.6) is 0 Å². The summed E-state index contributed by atoms with van der Waals surface area (Å²) in [6, 6.07) is 16.7. The second-order valence-corrected chi connectivity index (χ2v) is 5.02. The van der Waals surface area contributed by atoms with Crippen LogP contribution in [0.1, 0.15) is 23.1 Å². The van der Waals surface area contributed by atoms with Gasteiger partial charge in [-0.25, -0.2) is 0 Å². The molecule has 0 bridgehead atoms. The standard InChI is InChI=1S/C17H16N2/c1-13-8-9-17-14(11-13)6-4-10-19(17)16-7-3-2-5-15(16)12-18/h2-3,5,7-9,11H,4,6,10H2,1H3. The highest BCUT2D eigenvalue weighted by Gasteiger charge is 2.19. The van der Waals surface area contributed by atoms with Gasteiger partial charge in [0.25, 0.3) is 0 Å². The Hall–Kier alpha value is -2.27. The van der Waals surface area contributed by atoms with Gasteiger partial charge in [0.2, 0.25) is 0 Å². The van der Waals surface area contributed by atoms with Crippen molar-refractivity contribution in [1.29, 1.82) is 5.26 Å². The van der Waals surface area contributed by atoms with Crippen molar-refractivity contribution < 1.29 is 0 Å². The molecule has 0 saturated carbocycles. The van der Waals surface area contributed by atoms with E-state index in [-0.39, 0.29) is 0 Å². The summed E-state index contributed by atoms with van der Waals surface area (Å²) in [5, 5.41) is 9.26. The summed E-state index contributed by atoms with van der Waals surface area (Å²) < 4.78 is 0. The van der Waals surface area contributed by atoms with Gasteiger partial charge in [-0.3, -0.25) is 0 Å². The minimum atomic E-state index is 0.746. The van der Waals surface area contributed by atoms with Gasteiger partial charge in [0, 0.05) is 12.2 Å². The highest BCUT2D eigenvalue weighted by molar-refractivity contribution is 5.72. The van der Waals surface area contributed by atoms with E-state index >= 15 is 0 Å². The number of para-hydroxylation sites is 1. The van der Waals surface area contributed by atoms with E-state index in [4.69, 9.17) is 0 Å². The molecule has 2 aromatic rings. The summed E-state index contributed by atoms with van der Waals surface area (Å²) in [5.74, 6) is 0. The summed E-state index contributed by atoms with van der Waals surface area (Å²) in [5.41, 5.74) is 5.71. The molecule has 0 saturated heterocycles. The van der Waals surface area contributed by atoms with E-state index in [9.17, 15) is 5.26 Å². The molecule has 0 radical (unpaired) electrons. The van der Waals surface area contributed by atoms with Gasteiger partial charge in [0.05, 0.1) is 11.3 Å². The molecule has 1 heterocycles. The summed E-state index contributed by atoms with van der Waals surface area (Å²) in [6.45, 7) is 3.11. The molecule has 2 nitrogen and oxygen atoms in total. The Kier molecular flexibility index (Phi) is 2.97. The van der Waals surface area contributed by atoms with E-state index in [1.165, 1.54) is 16.8 Å². The van der Waals surface area contributed by atoms with E-state index in [2.05, 4.69) is 36.1 Å². The zero-order chi connectivity index (χ0) is 13.2. The molecule has 0 spiro atoms. The van der Waals surface area contributed by atoms with Gasteiger partial charge in [-0.2, -0.15) is 5.26 Å². The van der Waals surface area contributed by atoms with Crippen molar-refractivity contribution in [2.24, 2.45) is 0 Å². The maximum absolute atomic E-state index is 9.26. The number of anilines is 2. The van der Waals surface area contributed by atoms with Crippen LogP contribution in [-0.4, -0.2) is 6.54 Å². The predicted molar refractivity (Wildman–Crippen MR) is 77.7 cm³/mol. The first kappa shape index (κ1) is 11.8. The lowest BCUT2D eigenvalue weighted by Crippen LogP contribution is -2.25. The molecule has 0 aromatic heterocycles. The summed E-state index contributed by atoms with van der Waals surface area (Å²) in [7, 11) is 0. The summed E-state index contributed by atoms with van der Waals surface area (Å²) in [6.07, 6.45) is 2.26. The molecule has 0 unspecified atom stereocenters. The highest BCUT2D eigenvalue weighted by atomic mass is 15.1. The quantitative estimate of drug-likeness (QED) is 0.764. The van der Waals surface area contributed by atoms with E-state index < -0.39 is 0 Å². The molecule has 94 valence electrons. The molecule has 0 amide bonds. The molecule has 0 aliphatic carbocycles. The van der Waals surface area contributed by atoms with Gasteiger partial charge in [-0.05, 0) is 43.5 Å².